The van der Waals surface area contributed by atoms with Gasteiger partial charge in [0, 0.05) is 6.54 Å². The number of hydrogen-bond donors (Lipinski definition) is 3. The zero-order valence-electron chi connectivity index (χ0n) is 14.3. The molecular formula is C16H29N3O5. The number of amides is 2. The molecule has 8 nitrogen and oxygen atoms in total. The molecule has 0 aromatic rings. The van der Waals surface area contributed by atoms with Crippen LogP contribution >= 0.6 is 0 Å². The van der Waals surface area contributed by atoms with E-state index in [1.165, 1.54) is 4.90 Å². The van der Waals surface area contributed by atoms with Crippen molar-refractivity contribution in [1.82, 2.24) is 10.2 Å². The summed E-state index contributed by atoms with van der Waals surface area (Å²) in [6.07, 6.45) is 3.94. The molecule has 1 rings (SSSR count). The standard InChI is InChI=1S/C16H29N3O5/c1-2-3-11-24-16(23)18-12(7-4-5-9-17)14(20)19-10-6-8-13(19)15(21)22/h12-13H,2-11,17H2,1H3,(H,18,23)(H,21,22)/t12-,13-/m0/s1. The van der Waals surface area contributed by atoms with Crippen molar-refractivity contribution in [3.63, 3.8) is 0 Å². The van der Waals surface area contributed by atoms with Gasteiger partial charge < -0.3 is 25.8 Å². The molecule has 0 aliphatic carbocycles. The number of aliphatic carboxylic acids is 1. The Morgan fingerprint density at radius 2 is 2.08 bits per heavy atom. The van der Waals surface area contributed by atoms with Crippen molar-refractivity contribution in [1.29, 1.82) is 0 Å². The first-order chi connectivity index (χ1) is 11.5. The Bertz CT molecular complexity index is 430. The normalized spacial score (nSPS) is 18.2. The van der Waals surface area contributed by atoms with E-state index in [-0.39, 0.29) is 5.91 Å². The van der Waals surface area contributed by atoms with Crippen LogP contribution in [0.15, 0.2) is 0 Å². The predicted molar refractivity (Wildman–Crippen MR) is 88.5 cm³/mol. The van der Waals surface area contributed by atoms with Crippen LogP contribution < -0.4 is 11.1 Å². The van der Waals surface area contributed by atoms with Crippen LogP contribution in [0.1, 0.15) is 51.9 Å². The van der Waals surface area contributed by atoms with Crippen molar-refractivity contribution < 1.29 is 24.2 Å². The summed E-state index contributed by atoms with van der Waals surface area (Å²) in [7, 11) is 0. The van der Waals surface area contributed by atoms with Crippen LogP contribution in [0.2, 0.25) is 0 Å². The number of hydrogen-bond acceptors (Lipinski definition) is 5. The minimum absolute atomic E-state index is 0.299. The zero-order valence-corrected chi connectivity index (χ0v) is 14.3. The van der Waals surface area contributed by atoms with Crippen molar-refractivity contribution in [2.24, 2.45) is 5.73 Å². The van der Waals surface area contributed by atoms with Gasteiger partial charge in [0.25, 0.3) is 0 Å². The van der Waals surface area contributed by atoms with Crippen molar-refractivity contribution >= 4 is 18.0 Å². The van der Waals surface area contributed by atoms with Gasteiger partial charge in [0.15, 0.2) is 0 Å². The first kappa shape index (κ1) is 20.2. The Morgan fingerprint density at radius 3 is 2.71 bits per heavy atom. The highest BCUT2D eigenvalue weighted by atomic mass is 16.5. The molecule has 2 atom stereocenters. The van der Waals surface area contributed by atoms with Crippen LogP contribution in [-0.2, 0) is 14.3 Å². The number of nitrogens with two attached hydrogens (primary N) is 1. The lowest BCUT2D eigenvalue weighted by atomic mass is 10.1. The zero-order chi connectivity index (χ0) is 17.9. The summed E-state index contributed by atoms with van der Waals surface area (Å²) < 4.78 is 5.04. The smallest absolute Gasteiger partial charge is 0.407 e. The number of carboxylic acid groups (broad SMARTS) is 1. The van der Waals surface area contributed by atoms with Crippen LogP contribution in [-0.4, -0.2) is 59.8 Å². The molecule has 1 fully saturated rings. The first-order valence-corrected chi connectivity index (χ1v) is 8.67. The number of alkyl carbamates (subject to hydrolysis) is 1. The third kappa shape index (κ3) is 6.35. The van der Waals surface area contributed by atoms with E-state index >= 15 is 0 Å². The summed E-state index contributed by atoms with van der Waals surface area (Å²) >= 11 is 0. The molecule has 24 heavy (non-hydrogen) atoms. The molecular weight excluding hydrogens is 314 g/mol. The number of ether oxygens (including phenoxy) is 1. The molecule has 0 aromatic carbocycles. The van der Waals surface area contributed by atoms with Gasteiger partial charge in [-0.1, -0.05) is 13.3 Å². The van der Waals surface area contributed by atoms with Crippen LogP contribution in [0.3, 0.4) is 0 Å². The van der Waals surface area contributed by atoms with Gasteiger partial charge in [-0.25, -0.2) is 9.59 Å². The number of carbonyl (C=O) groups excluding carboxylic acids is 2. The van der Waals surface area contributed by atoms with Gasteiger partial charge in [0.2, 0.25) is 5.91 Å². The van der Waals surface area contributed by atoms with Crippen LogP contribution in [0.5, 0.6) is 0 Å². The second-order valence-electron chi connectivity index (χ2n) is 6.00. The molecule has 8 heteroatoms. The van der Waals surface area contributed by atoms with Crippen LogP contribution in [0, 0.1) is 0 Å². The van der Waals surface area contributed by atoms with Gasteiger partial charge in [-0.05, 0) is 45.1 Å². The first-order valence-electron chi connectivity index (χ1n) is 8.67. The van der Waals surface area contributed by atoms with Crippen molar-refractivity contribution in [3.8, 4) is 0 Å². The number of nitrogens with zero attached hydrogens (tertiary/aromatic N) is 1. The topological polar surface area (TPSA) is 122 Å². The molecule has 1 heterocycles. The highest BCUT2D eigenvalue weighted by Gasteiger charge is 2.37. The quantitative estimate of drug-likeness (QED) is 0.510. The van der Waals surface area contributed by atoms with Crippen molar-refractivity contribution in [3.05, 3.63) is 0 Å². The van der Waals surface area contributed by atoms with Crippen LogP contribution in [0.4, 0.5) is 4.79 Å². The average molecular weight is 343 g/mol. The number of likely N-dealkylation sites (tertiary alicyclic amines) is 1. The average Bonchev–Trinajstić information content (AvgIpc) is 3.03. The van der Waals surface area contributed by atoms with Crippen molar-refractivity contribution in [2.45, 2.75) is 64.0 Å². The Balaban J connectivity index is 2.67. The van der Waals surface area contributed by atoms with E-state index in [0.717, 1.165) is 19.3 Å². The Kier molecular flexibility index (Phi) is 9.14. The summed E-state index contributed by atoms with van der Waals surface area (Å²) in [5, 5.41) is 11.8. The molecule has 0 spiro atoms. The maximum absolute atomic E-state index is 12.7. The lowest BCUT2D eigenvalue weighted by molar-refractivity contribution is -0.149. The molecule has 2 amide bonds. The lowest BCUT2D eigenvalue weighted by Gasteiger charge is -2.27. The summed E-state index contributed by atoms with van der Waals surface area (Å²) in [4.78, 5) is 37.2. The summed E-state index contributed by atoms with van der Waals surface area (Å²) in [6.45, 7) is 3.19. The molecule has 4 N–H and O–H groups in total. The predicted octanol–water partition coefficient (Wildman–Crippen LogP) is 1.09. The van der Waals surface area contributed by atoms with Gasteiger partial charge in [-0.2, -0.15) is 0 Å². The second-order valence-corrected chi connectivity index (χ2v) is 6.00. The monoisotopic (exact) mass is 343 g/mol. The fourth-order valence-electron chi connectivity index (χ4n) is 2.73. The molecule has 1 aliphatic rings. The van der Waals surface area contributed by atoms with E-state index in [2.05, 4.69) is 5.32 Å². The van der Waals surface area contributed by atoms with E-state index in [1.54, 1.807) is 0 Å². The van der Waals surface area contributed by atoms with Gasteiger partial charge in [-0.15, -0.1) is 0 Å². The Morgan fingerprint density at radius 1 is 1.33 bits per heavy atom. The highest BCUT2D eigenvalue weighted by molar-refractivity contribution is 5.89. The molecule has 0 aromatic heterocycles. The number of nitrogens with one attached hydrogen (secondary N) is 1. The maximum atomic E-state index is 12.7. The molecule has 1 saturated heterocycles. The number of carboxylic acids is 1. The molecule has 0 unspecified atom stereocenters. The molecule has 0 bridgehead atoms. The Labute approximate surface area is 142 Å². The van der Waals surface area contributed by atoms with Crippen LogP contribution in [0.25, 0.3) is 0 Å². The molecule has 0 radical (unpaired) electrons. The Hall–Kier alpha value is -1.83. The molecule has 0 saturated carbocycles. The SMILES string of the molecule is CCCCOC(=O)N[C@@H](CCCCN)C(=O)N1CCC[C@H]1C(=O)O. The van der Waals surface area contributed by atoms with E-state index in [1.807, 2.05) is 6.92 Å². The summed E-state index contributed by atoms with van der Waals surface area (Å²) in [5.41, 5.74) is 5.47. The molecule has 138 valence electrons. The number of rotatable bonds is 10. The van der Waals surface area contributed by atoms with E-state index in [0.29, 0.717) is 45.4 Å². The third-order valence-electron chi connectivity index (χ3n) is 4.09. The summed E-state index contributed by atoms with van der Waals surface area (Å²) in [6, 6.07) is -1.59. The van der Waals surface area contributed by atoms with Gasteiger partial charge in [-0.3, -0.25) is 4.79 Å². The van der Waals surface area contributed by atoms with E-state index in [4.69, 9.17) is 10.5 Å². The second kappa shape index (κ2) is 10.9. The van der Waals surface area contributed by atoms with E-state index in [9.17, 15) is 19.5 Å². The fourth-order valence-corrected chi connectivity index (χ4v) is 2.73. The van der Waals surface area contributed by atoms with Crippen molar-refractivity contribution in [2.75, 3.05) is 19.7 Å². The van der Waals surface area contributed by atoms with Gasteiger partial charge >= 0.3 is 12.1 Å². The van der Waals surface area contributed by atoms with Gasteiger partial charge in [0.1, 0.15) is 12.1 Å². The van der Waals surface area contributed by atoms with E-state index < -0.39 is 24.1 Å². The largest absolute Gasteiger partial charge is 0.480 e. The highest BCUT2D eigenvalue weighted by Crippen LogP contribution is 2.19. The number of carbonyl (C=O) groups is 3. The molecule has 1 aliphatic heterocycles. The maximum Gasteiger partial charge on any atom is 0.407 e. The van der Waals surface area contributed by atoms with Gasteiger partial charge in [0.05, 0.1) is 6.61 Å². The number of unbranched alkanes of at least 4 members (excludes halogenated alkanes) is 2. The minimum Gasteiger partial charge on any atom is -0.480 e. The fraction of sp³-hybridized carbons (Fsp3) is 0.812. The third-order valence-corrected chi connectivity index (χ3v) is 4.09. The minimum atomic E-state index is -1.01. The lowest BCUT2D eigenvalue weighted by Crippen LogP contribution is -2.51. The summed E-state index contributed by atoms with van der Waals surface area (Å²) in [5.74, 6) is -1.36.